The van der Waals surface area contributed by atoms with Gasteiger partial charge in [-0.25, -0.2) is 0 Å². The zero-order valence-electron chi connectivity index (χ0n) is 13.1. The topological polar surface area (TPSA) is 15.3 Å². The fourth-order valence-corrected chi connectivity index (χ4v) is 3.48. The second-order valence-corrected chi connectivity index (χ2v) is 6.63. The van der Waals surface area contributed by atoms with Crippen LogP contribution in [0.3, 0.4) is 0 Å². The van der Waals surface area contributed by atoms with Gasteiger partial charge in [-0.1, -0.05) is 50.6 Å². The minimum absolute atomic E-state index is 0.368. The monoisotopic (exact) mass is 294 g/mol. The van der Waals surface area contributed by atoms with E-state index in [-0.39, 0.29) is 0 Å². The first-order chi connectivity index (χ1) is 9.54. The molecule has 2 nitrogen and oxygen atoms in total. The van der Waals surface area contributed by atoms with Crippen molar-refractivity contribution in [1.29, 1.82) is 0 Å². The van der Waals surface area contributed by atoms with Gasteiger partial charge in [0.2, 0.25) is 0 Å². The van der Waals surface area contributed by atoms with E-state index in [1.807, 2.05) is 12.1 Å². The Bertz CT molecular complexity index is 433. The Morgan fingerprint density at radius 2 is 2.00 bits per heavy atom. The van der Waals surface area contributed by atoms with Gasteiger partial charge in [0.25, 0.3) is 0 Å². The van der Waals surface area contributed by atoms with Gasteiger partial charge in [0.1, 0.15) is 0 Å². The van der Waals surface area contributed by atoms with Crippen LogP contribution < -0.4 is 5.32 Å². The molecule has 1 aromatic carbocycles. The van der Waals surface area contributed by atoms with Crippen molar-refractivity contribution in [3.8, 4) is 0 Å². The van der Waals surface area contributed by atoms with Gasteiger partial charge in [0.15, 0.2) is 0 Å². The first-order valence-corrected chi connectivity index (χ1v) is 8.16. The Labute approximate surface area is 128 Å². The Hall–Kier alpha value is -0.570. The highest BCUT2D eigenvalue weighted by Gasteiger charge is 2.33. The molecule has 1 aromatic rings. The fourth-order valence-electron chi connectivity index (χ4n) is 3.19. The summed E-state index contributed by atoms with van der Waals surface area (Å²) >= 11 is 6.39. The quantitative estimate of drug-likeness (QED) is 0.899. The van der Waals surface area contributed by atoms with Crippen molar-refractivity contribution in [1.82, 2.24) is 10.2 Å². The molecule has 0 aliphatic carbocycles. The summed E-state index contributed by atoms with van der Waals surface area (Å²) in [5.41, 5.74) is 1.25. The number of nitrogens with one attached hydrogen (secondary N) is 1. The molecule has 112 valence electrons. The molecule has 1 aliphatic rings. The summed E-state index contributed by atoms with van der Waals surface area (Å²) in [5.74, 6) is 0.644. The largest absolute Gasteiger partial charge is 0.311 e. The van der Waals surface area contributed by atoms with E-state index in [0.717, 1.165) is 18.1 Å². The summed E-state index contributed by atoms with van der Waals surface area (Å²) in [5, 5.41) is 4.56. The lowest BCUT2D eigenvalue weighted by Gasteiger charge is -2.45. The average Bonchev–Trinajstić information content (AvgIpc) is 2.46. The van der Waals surface area contributed by atoms with Gasteiger partial charge in [-0.3, -0.25) is 4.90 Å². The molecule has 0 radical (unpaired) electrons. The van der Waals surface area contributed by atoms with Crippen molar-refractivity contribution in [2.75, 3.05) is 13.1 Å². The molecule has 0 aromatic heterocycles. The molecule has 3 atom stereocenters. The van der Waals surface area contributed by atoms with Crippen LogP contribution in [0, 0.1) is 5.92 Å². The highest BCUT2D eigenvalue weighted by Crippen LogP contribution is 2.31. The van der Waals surface area contributed by atoms with Crippen LogP contribution in [0.15, 0.2) is 24.3 Å². The number of hydrogen-bond donors (Lipinski definition) is 1. The van der Waals surface area contributed by atoms with Crippen LogP contribution in [-0.4, -0.2) is 30.1 Å². The van der Waals surface area contributed by atoms with Gasteiger partial charge in [-0.15, -0.1) is 0 Å². The second kappa shape index (κ2) is 6.93. The number of hydrogen-bond acceptors (Lipinski definition) is 2. The molecule has 1 heterocycles. The molecule has 0 bridgehead atoms. The standard InChI is InChI=1S/C17H27ClN2/c1-5-14-11-20(17(10-19-14)12(2)3)13(4)15-8-6-7-9-16(15)18/h6-9,12-14,17,19H,5,10-11H2,1-4H3. The number of nitrogens with zero attached hydrogens (tertiary/aromatic N) is 1. The predicted octanol–water partition coefficient (Wildman–Crippen LogP) is 4.11. The molecule has 1 fully saturated rings. The summed E-state index contributed by atoms with van der Waals surface area (Å²) in [4.78, 5) is 2.64. The first-order valence-electron chi connectivity index (χ1n) is 7.78. The van der Waals surface area contributed by atoms with Crippen LogP contribution in [-0.2, 0) is 0 Å². The van der Waals surface area contributed by atoms with Gasteiger partial charge in [0, 0.05) is 36.2 Å². The van der Waals surface area contributed by atoms with E-state index in [4.69, 9.17) is 11.6 Å². The third-order valence-electron chi connectivity index (χ3n) is 4.59. The van der Waals surface area contributed by atoms with Crippen molar-refractivity contribution in [3.63, 3.8) is 0 Å². The highest BCUT2D eigenvalue weighted by atomic mass is 35.5. The van der Waals surface area contributed by atoms with Gasteiger partial charge in [-0.05, 0) is 30.9 Å². The summed E-state index contributed by atoms with van der Waals surface area (Å²) < 4.78 is 0. The second-order valence-electron chi connectivity index (χ2n) is 6.22. The molecule has 0 saturated carbocycles. The van der Waals surface area contributed by atoms with Crippen LogP contribution in [0.2, 0.25) is 5.02 Å². The molecule has 0 amide bonds. The Morgan fingerprint density at radius 1 is 1.30 bits per heavy atom. The van der Waals surface area contributed by atoms with E-state index in [0.29, 0.717) is 24.0 Å². The zero-order chi connectivity index (χ0) is 14.7. The molecular weight excluding hydrogens is 268 g/mol. The molecule has 2 rings (SSSR count). The van der Waals surface area contributed by atoms with Crippen LogP contribution >= 0.6 is 11.6 Å². The number of halogens is 1. The van der Waals surface area contributed by atoms with E-state index in [1.165, 1.54) is 12.0 Å². The lowest BCUT2D eigenvalue weighted by molar-refractivity contribution is 0.0611. The van der Waals surface area contributed by atoms with Crippen LogP contribution in [0.5, 0.6) is 0 Å². The highest BCUT2D eigenvalue weighted by molar-refractivity contribution is 6.31. The maximum Gasteiger partial charge on any atom is 0.0453 e. The molecule has 3 unspecified atom stereocenters. The van der Waals surface area contributed by atoms with E-state index in [9.17, 15) is 0 Å². The van der Waals surface area contributed by atoms with E-state index < -0.39 is 0 Å². The minimum Gasteiger partial charge on any atom is -0.311 e. The van der Waals surface area contributed by atoms with Gasteiger partial charge in [-0.2, -0.15) is 0 Å². The van der Waals surface area contributed by atoms with Crippen molar-refractivity contribution >= 4 is 11.6 Å². The third kappa shape index (κ3) is 3.36. The molecule has 1 saturated heterocycles. The number of piperazine rings is 1. The number of benzene rings is 1. The maximum atomic E-state index is 6.39. The molecule has 1 aliphatic heterocycles. The zero-order valence-corrected chi connectivity index (χ0v) is 13.8. The summed E-state index contributed by atoms with van der Waals surface area (Å²) in [7, 11) is 0. The van der Waals surface area contributed by atoms with Crippen molar-refractivity contribution in [2.45, 2.75) is 52.2 Å². The minimum atomic E-state index is 0.368. The van der Waals surface area contributed by atoms with E-state index in [2.05, 4.69) is 50.0 Å². The first kappa shape index (κ1) is 15.8. The summed E-state index contributed by atoms with van der Waals surface area (Å²) in [6.45, 7) is 11.3. The van der Waals surface area contributed by atoms with Crippen LogP contribution in [0.25, 0.3) is 0 Å². The predicted molar refractivity (Wildman–Crippen MR) is 87.3 cm³/mol. The lowest BCUT2D eigenvalue weighted by atomic mass is 9.94. The Kier molecular flexibility index (Phi) is 5.48. The van der Waals surface area contributed by atoms with Crippen LogP contribution in [0.4, 0.5) is 0 Å². The van der Waals surface area contributed by atoms with Gasteiger partial charge < -0.3 is 5.32 Å². The van der Waals surface area contributed by atoms with Crippen LogP contribution in [0.1, 0.15) is 45.7 Å². The third-order valence-corrected chi connectivity index (χ3v) is 4.93. The molecule has 20 heavy (non-hydrogen) atoms. The van der Waals surface area contributed by atoms with Gasteiger partial charge >= 0.3 is 0 Å². The Balaban J connectivity index is 2.23. The average molecular weight is 295 g/mol. The molecule has 1 N–H and O–H groups in total. The fraction of sp³-hybridized carbons (Fsp3) is 0.647. The van der Waals surface area contributed by atoms with Gasteiger partial charge in [0.05, 0.1) is 0 Å². The summed E-state index contributed by atoms with van der Waals surface area (Å²) in [6, 6.07) is 9.78. The summed E-state index contributed by atoms with van der Waals surface area (Å²) in [6.07, 6.45) is 1.18. The number of rotatable bonds is 4. The molecular formula is C17H27ClN2. The SMILES string of the molecule is CCC1CN(C(C)c2ccccc2Cl)C(C(C)C)CN1. The van der Waals surface area contributed by atoms with E-state index in [1.54, 1.807) is 0 Å². The Morgan fingerprint density at radius 3 is 2.60 bits per heavy atom. The normalized spacial score (nSPS) is 25.9. The maximum absolute atomic E-state index is 6.39. The molecule has 3 heteroatoms. The van der Waals surface area contributed by atoms with Crippen molar-refractivity contribution in [3.05, 3.63) is 34.9 Å². The lowest BCUT2D eigenvalue weighted by Crippen LogP contribution is -2.58. The van der Waals surface area contributed by atoms with Crippen molar-refractivity contribution < 1.29 is 0 Å². The van der Waals surface area contributed by atoms with E-state index >= 15 is 0 Å². The smallest absolute Gasteiger partial charge is 0.0453 e. The molecule has 0 spiro atoms. The van der Waals surface area contributed by atoms with Crippen molar-refractivity contribution in [2.24, 2.45) is 5.92 Å².